The summed E-state index contributed by atoms with van der Waals surface area (Å²) in [5, 5.41) is 11.2. The van der Waals surface area contributed by atoms with Crippen molar-refractivity contribution in [1.29, 1.82) is 0 Å². The second kappa shape index (κ2) is 15.9. The lowest BCUT2D eigenvalue weighted by Gasteiger charge is -2.36. The largest absolute Gasteiger partial charge is 0.464 e. The highest BCUT2D eigenvalue weighted by molar-refractivity contribution is 6.74. The van der Waals surface area contributed by atoms with E-state index in [0.717, 1.165) is 82.7 Å². The number of carbonyl (C=O) groups is 1. The number of rotatable bonds is 14. The Morgan fingerprint density at radius 1 is 1.10 bits per heavy atom. The smallest absolute Gasteiger partial charge is 0.354 e. The summed E-state index contributed by atoms with van der Waals surface area (Å²) in [5.74, 6) is -0.387. The molecule has 13 heteroatoms. The van der Waals surface area contributed by atoms with Gasteiger partial charge in [0, 0.05) is 56.6 Å². The van der Waals surface area contributed by atoms with Gasteiger partial charge in [-0.3, -0.25) is 9.36 Å². The van der Waals surface area contributed by atoms with E-state index in [0.29, 0.717) is 37.0 Å². The first-order chi connectivity index (χ1) is 24.1. The Morgan fingerprint density at radius 2 is 1.84 bits per heavy atom. The van der Waals surface area contributed by atoms with Gasteiger partial charge in [0.05, 0.1) is 54.0 Å². The molecule has 0 aliphatic carbocycles. The summed E-state index contributed by atoms with van der Waals surface area (Å²) in [6.07, 6.45) is 3.98. The van der Waals surface area contributed by atoms with Crippen molar-refractivity contribution in [1.82, 2.24) is 24.1 Å². The third kappa shape index (κ3) is 8.31. The molecular weight excluding hydrogens is 686 g/mol. The fourth-order valence-corrected chi connectivity index (χ4v) is 7.89. The zero-order valence-corrected chi connectivity index (χ0v) is 34.1. The van der Waals surface area contributed by atoms with E-state index in [1.165, 1.54) is 7.11 Å². The number of aromatic nitrogens is 5. The molecule has 0 N–H and O–H groups in total. The summed E-state index contributed by atoms with van der Waals surface area (Å²) in [6.45, 7) is 17.3. The number of halogens is 1. The molecule has 2 unspecified atom stereocenters. The van der Waals surface area contributed by atoms with E-state index in [1.54, 1.807) is 0 Å². The number of carbonyl (C=O) groups excluding carboxylic acids is 1. The molecule has 3 aromatic heterocycles. The maximum Gasteiger partial charge on any atom is 0.354 e. The fraction of sp³-hybridized carbons (Fsp3) is 0.605. The molecule has 0 saturated carbocycles. The van der Waals surface area contributed by atoms with Crippen molar-refractivity contribution in [3.63, 3.8) is 0 Å². The van der Waals surface area contributed by atoms with Crippen LogP contribution in [0, 0.1) is 6.92 Å². The molecular formula is C38H56ClN5O6Si. The minimum Gasteiger partial charge on any atom is -0.464 e. The zero-order valence-electron chi connectivity index (χ0n) is 32.3. The van der Waals surface area contributed by atoms with Crippen LogP contribution in [-0.4, -0.2) is 65.0 Å². The molecule has 4 aromatic rings. The van der Waals surface area contributed by atoms with Crippen molar-refractivity contribution in [3.8, 4) is 11.1 Å². The van der Waals surface area contributed by atoms with Gasteiger partial charge in [-0.05, 0) is 81.8 Å². The number of hydrogen-bond donors (Lipinski definition) is 0. The number of hydrogen-bond acceptors (Lipinski definition) is 8. The van der Waals surface area contributed by atoms with Crippen molar-refractivity contribution < 1.29 is 28.2 Å². The summed E-state index contributed by atoms with van der Waals surface area (Å²) >= 11 is 7.08. The van der Waals surface area contributed by atoms with Crippen LogP contribution in [0.25, 0.3) is 22.0 Å². The predicted octanol–water partition coefficient (Wildman–Crippen LogP) is 8.34. The highest BCUT2D eigenvalue weighted by Gasteiger charge is 2.37. The lowest BCUT2D eigenvalue weighted by atomic mass is 9.97. The third-order valence-electron chi connectivity index (χ3n) is 10.7. The van der Waals surface area contributed by atoms with Crippen molar-refractivity contribution in [2.75, 3.05) is 20.3 Å². The molecule has 280 valence electrons. The number of ether oxygens (including phenoxy) is 4. The molecule has 1 aliphatic heterocycles. The summed E-state index contributed by atoms with van der Waals surface area (Å²) in [6, 6.07) is 5.92. The first-order valence-corrected chi connectivity index (χ1v) is 21.3. The molecule has 51 heavy (non-hydrogen) atoms. The molecule has 1 fully saturated rings. The Bertz CT molecular complexity index is 1850. The molecule has 0 amide bonds. The Morgan fingerprint density at radius 3 is 2.51 bits per heavy atom. The van der Waals surface area contributed by atoms with Crippen LogP contribution in [-0.2, 0) is 64.2 Å². The number of fused-ring (bicyclic) bond motifs is 1. The van der Waals surface area contributed by atoms with Crippen LogP contribution in [0.5, 0.6) is 0 Å². The minimum absolute atomic E-state index is 0.120. The molecule has 1 saturated heterocycles. The molecule has 2 atom stereocenters. The average Bonchev–Trinajstić information content (AvgIpc) is 3.70. The lowest BCUT2D eigenvalue weighted by molar-refractivity contribution is -0.169. The van der Waals surface area contributed by atoms with E-state index in [2.05, 4.69) is 39.0 Å². The third-order valence-corrected chi connectivity index (χ3v) is 15.5. The Balaban J connectivity index is 1.43. The average molecular weight is 742 g/mol. The van der Waals surface area contributed by atoms with Gasteiger partial charge >= 0.3 is 5.97 Å². The molecule has 11 nitrogen and oxygen atoms in total. The van der Waals surface area contributed by atoms with E-state index in [-0.39, 0.29) is 17.3 Å². The second-order valence-corrected chi connectivity index (χ2v) is 20.4. The molecule has 5 rings (SSSR count). The van der Waals surface area contributed by atoms with Crippen molar-refractivity contribution in [2.24, 2.45) is 21.1 Å². The minimum atomic E-state index is -1.91. The van der Waals surface area contributed by atoms with E-state index < -0.39 is 14.4 Å². The van der Waals surface area contributed by atoms with E-state index >= 15 is 0 Å². The second-order valence-electron chi connectivity index (χ2n) is 15.2. The molecule has 1 aliphatic rings. The van der Waals surface area contributed by atoms with Gasteiger partial charge in [-0.2, -0.15) is 10.2 Å². The van der Waals surface area contributed by atoms with E-state index in [9.17, 15) is 4.79 Å². The van der Waals surface area contributed by atoms with Gasteiger partial charge in [-0.25, -0.2) is 4.79 Å². The summed E-state index contributed by atoms with van der Waals surface area (Å²) < 4.78 is 35.6. The first kappa shape index (κ1) is 39.2. The maximum absolute atomic E-state index is 13.3. The van der Waals surface area contributed by atoms with Gasteiger partial charge in [-0.15, -0.1) is 0 Å². The summed E-state index contributed by atoms with van der Waals surface area (Å²) in [7, 11) is 5.24. The maximum atomic E-state index is 13.3. The number of esters is 1. The predicted molar refractivity (Wildman–Crippen MR) is 202 cm³/mol. The van der Waals surface area contributed by atoms with Gasteiger partial charge < -0.3 is 27.9 Å². The molecule has 1 aromatic carbocycles. The normalized spacial score (nSPS) is 16.3. The number of benzene rings is 1. The Labute approximate surface area is 308 Å². The molecule has 4 heterocycles. The Hall–Kier alpha value is -3.00. The number of nitrogens with zero attached hydrogens (tertiary/aromatic N) is 5. The highest BCUT2D eigenvalue weighted by Crippen LogP contribution is 2.44. The fourth-order valence-electron chi connectivity index (χ4n) is 6.56. The SMILES string of the molecule is COC(=O)c1c(CCCO[Si](C)(C)C(C)(C)C)c2ccc(Cl)c(-c3c(C(C)OCc4cc(COC5CCCCO5)n(C)n4)nn(C)c3C)c2n1C. The van der Waals surface area contributed by atoms with Crippen molar-refractivity contribution in [2.45, 2.75) is 110 Å². The van der Waals surface area contributed by atoms with Crippen LogP contribution >= 0.6 is 11.6 Å². The molecule has 0 spiro atoms. The van der Waals surface area contributed by atoms with E-state index in [4.69, 9.17) is 40.1 Å². The van der Waals surface area contributed by atoms with Gasteiger partial charge in [0.25, 0.3) is 0 Å². The standard InChI is InChI=1S/C38H56ClN5O6Si/c1-24-32(34(41-43(24)7)25(2)48-22-26-21-27(44(8)40-26)23-49-31-16-12-13-19-47-31)33-30(39)18-17-29-28(36(37(45)46-9)42(6)35(29)33)15-14-20-50-51(10,11)38(3,4)5/h17-18,21,25,31H,12-16,19-20,22-23H2,1-11H3. The van der Waals surface area contributed by atoms with Gasteiger partial charge in [-0.1, -0.05) is 38.4 Å². The monoisotopic (exact) mass is 741 g/mol. The first-order valence-electron chi connectivity index (χ1n) is 18.0. The lowest BCUT2D eigenvalue weighted by Crippen LogP contribution is -2.41. The Kier molecular flexibility index (Phi) is 12.2. The van der Waals surface area contributed by atoms with Gasteiger partial charge in [0.1, 0.15) is 5.69 Å². The quantitative estimate of drug-likeness (QED) is 0.0722. The van der Waals surface area contributed by atoms with Gasteiger partial charge in [0.2, 0.25) is 0 Å². The number of methoxy groups -OCH3 is 1. The summed E-state index contributed by atoms with van der Waals surface area (Å²) in [4.78, 5) is 13.3. The van der Waals surface area contributed by atoms with Crippen molar-refractivity contribution >= 4 is 36.8 Å². The van der Waals surface area contributed by atoms with Crippen LogP contribution in [0.4, 0.5) is 0 Å². The van der Waals surface area contributed by atoms with Crippen LogP contribution in [0.1, 0.15) is 98.3 Å². The van der Waals surface area contributed by atoms with Gasteiger partial charge in [0.15, 0.2) is 14.6 Å². The van der Waals surface area contributed by atoms with Crippen LogP contribution in [0.3, 0.4) is 0 Å². The highest BCUT2D eigenvalue weighted by atomic mass is 35.5. The number of aryl methyl sites for hydroxylation is 4. The molecule has 0 bridgehead atoms. The topological polar surface area (TPSA) is 104 Å². The van der Waals surface area contributed by atoms with Crippen molar-refractivity contribution in [3.05, 3.63) is 57.3 Å². The molecule has 0 radical (unpaired) electrons. The van der Waals surface area contributed by atoms with Crippen LogP contribution < -0.4 is 0 Å². The van der Waals surface area contributed by atoms with E-state index in [1.807, 2.05) is 67.1 Å². The van der Waals surface area contributed by atoms with Crippen LogP contribution in [0.2, 0.25) is 23.2 Å². The van der Waals surface area contributed by atoms with Crippen LogP contribution in [0.15, 0.2) is 18.2 Å². The summed E-state index contributed by atoms with van der Waals surface area (Å²) in [5.41, 5.74) is 7.42. The zero-order chi connectivity index (χ0) is 37.2.